The van der Waals surface area contributed by atoms with Gasteiger partial charge in [0.25, 0.3) is 0 Å². The van der Waals surface area contributed by atoms with Crippen LogP contribution in [0.15, 0.2) is 18.2 Å². The molecule has 0 aromatic heterocycles. The van der Waals surface area contributed by atoms with Crippen LogP contribution in [0.1, 0.15) is 22.3 Å². The third-order valence-corrected chi connectivity index (χ3v) is 3.50. The number of carbonyl (C=O) groups excluding carboxylic acids is 1. The molecule has 1 aromatic carbocycles. The van der Waals surface area contributed by atoms with Crippen LogP contribution in [0.4, 0.5) is 5.69 Å². The minimum absolute atomic E-state index is 0.0143. The Hall–Kier alpha value is -1.88. The number of likely N-dealkylation sites (tertiary alicyclic amines) is 1. The lowest BCUT2D eigenvalue weighted by atomic mass is 10.1. The zero-order valence-electron chi connectivity index (χ0n) is 11.1. The van der Waals surface area contributed by atoms with Crippen LogP contribution in [0.5, 0.6) is 0 Å². The second-order valence-electron chi connectivity index (χ2n) is 5.07. The summed E-state index contributed by atoms with van der Waals surface area (Å²) in [6.45, 7) is 3.41. The van der Waals surface area contributed by atoms with Crippen molar-refractivity contribution in [2.45, 2.75) is 13.3 Å². The molecule has 19 heavy (non-hydrogen) atoms. The molecule has 1 aliphatic rings. The van der Waals surface area contributed by atoms with Crippen LogP contribution in [0.3, 0.4) is 0 Å². The number of carbonyl (C=O) groups is 2. The lowest BCUT2D eigenvalue weighted by molar-refractivity contribution is -0.119. The van der Waals surface area contributed by atoms with Gasteiger partial charge in [-0.25, -0.2) is 4.79 Å². The van der Waals surface area contributed by atoms with Gasteiger partial charge in [0.2, 0.25) is 5.91 Å². The van der Waals surface area contributed by atoms with E-state index in [-0.39, 0.29) is 17.4 Å². The highest BCUT2D eigenvalue weighted by molar-refractivity contribution is 5.95. The van der Waals surface area contributed by atoms with Gasteiger partial charge in [-0.05, 0) is 44.6 Å². The number of nitrogens with one attached hydrogen (secondary N) is 1. The molecular formula is C14H18N2O3. The van der Waals surface area contributed by atoms with E-state index in [1.807, 2.05) is 7.05 Å². The molecule has 1 aromatic rings. The summed E-state index contributed by atoms with van der Waals surface area (Å²) in [5.41, 5.74) is 1.45. The number of hydrogen-bond donors (Lipinski definition) is 2. The standard InChI is InChI=1S/C14H18N2O3/c1-9-3-4-11(7-12(9)14(18)19)15-13(17)10-5-6-16(2)8-10/h3-4,7,10H,5-6,8H2,1-2H3,(H,15,17)(H,18,19). The van der Waals surface area contributed by atoms with Gasteiger partial charge in [-0.1, -0.05) is 6.07 Å². The largest absolute Gasteiger partial charge is 0.478 e. The Labute approximate surface area is 112 Å². The third kappa shape index (κ3) is 3.12. The maximum Gasteiger partial charge on any atom is 0.336 e. The van der Waals surface area contributed by atoms with Gasteiger partial charge in [0.15, 0.2) is 0 Å². The summed E-state index contributed by atoms with van der Waals surface area (Å²) >= 11 is 0. The van der Waals surface area contributed by atoms with Gasteiger partial charge >= 0.3 is 5.97 Å². The van der Waals surface area contributed by atoms with Gasteiger partial charge in [-0.2, -0.15) is 0 Å². The molecule has 0 aliphatic carbocycles. The lowest BCUT2D eigenvalue weighted by Gasteiger charge is -2.12. The molecular weight excluding hydrogens is 244 g/mol. The zero-order valence-corrected chi connectivity index (χ0v) is 11.1. The second kappa shape index (κ2) is 5.40. The average Bonchev–Trinajstić information content (AvgIpc) is 2.78. The summed E-state index contributed by atoms with van der Waals surface area (Å²) in [6, 6.07) is 4.95. The summed E-state index contributed by atoms with van der Waals surface area (Å²) in [5.74, 6) is -1.03. The number of carboxylic acids is 1. The first-order valence-corrected chi connectivity index (χ1v) is 6.30. The van der Waals surface area contributed by atoms with Crippen LogP contribution in [0.25, 0.3) is 0 Å². The predicted octanol–water partition coefficient (Wildman–Crippen LogP) is 1.58. The van der Waals surface area contributed by atoms with Crippen molar-refractivity contribution in [1.29, 1.82) is 0 Å². The normalized spacial score (nSPS) is 19.4. The molecule has 0 saturated carbocycles. The van der Waals surface area contributed by atoms with Gasteiger partial charge in [0, 0.05) is 12.2 Å². The summed E-state index contributed by atoms with van der Waals surface area (Å²) in [5, 5.41) is 11.8. The maximum atomic E-state index is 12.0. The fraction of sp³-hybridized carbons (Fsp3) is 0.429. The number of rotatable bonds is 3. The quantitative estimate of drug-likeness (QED) is 0.867. The van der Waals surface area contributed by atoms with Crippen molar-refractivity contribution < 1.29 is 14.7 Å². The van der Waals surface area contributed by atoms with Crippen molar-refractivity contribution in [2.75, 3.05) is 25.5 Å². The van der Waals surface area contributed by atoms with Gasteiger partial charge in [-0.3, -0.25) is 4.79 Å². The molecule has 5 nitrogen and oxygen atoms in total. The van der Waals surface area contributed by atoms with E-state index in [1.165, 1.54) is 6.07 Å². The minimum Gasteiger partial charge on any atom is -0.478 e. The molecule has 1 heterocycles. The zero-order chi connectivity index (χ0) is 14.0. The Morgan fingerprint density at radius 3 is 2.74 bits per heavy atom. The predicted molar refractivity (Wildman–Crippen MR) is 72.4 cm³/mol. The first-order valence-electron chi connectivity index (χ1n) is 6.30. The van der Waals surface area contributed by atoms with Crippen molar-refractivity contribution >= 4 is 17.6 Å². The first-order chi connectivity index (χ1) is 8.97. The minimum atomic E-state index is -0.978. The number of aromatic carboxylic acids is 1. The number of amides is 1. The van der Waals surface area contributed by atoms with Crippen molar-refractivity contribution in [3.63, 3.8) is 0 Å². The van der Waals surface area contributed by atoms with Crippen LogP contribution < -0.4 is 5.32 Å². The molecule has 102 valence electrons. The molecule has 1 aliphatic heterocycles. The monoisotopic (exact) mass is 262 g/mol. The molecule has 1 amide bonds. The Bertz CT molecular complexity index is 513. The Morgan fingerprint density at radius 1 is 1.42 bits per heavy atom. The Kier molecular flexibility index (Phi) is 3.85. The molecule has 1 atom stereocenters. The highest BCUT2D eigenvalue weighted by Gasteiger charge is 2.26. The topological polar surface area (TPSA) is 69.6 Å². The van der Waals surface area contributed by atoms with Gasteiger partial charge in [0.05, 0.1) is 11.5 Å². The van der Waals surface area contributed by atoms with Crippen molar-refractivity contribution in [2.24, 2.45) is 5.92 Å². The van der Waals surface area contributed by atoms with Crippen molar-refractivity contribution in [3.05, 3.63) is 29.3 Å². The van der Waals surface area contributed by atoms with Gasteiger partial charge < -0.3 is 15.3 Å². The number of aryl methyl sites for hydroxylation is 1. The van der Waals surface area contributed by atoms with Crippen molar-refractivity contribution in [3.8, 4) is 0 Å². The van der Waals surface area contributed by atoms with Crippen LogP contribution in [0, 0.1) is 12.8 Å². The number of hydrogen-bond acceptors (Lipinski definition) is 3. The molecule has 1 saturated heterocycles. The smallest absolute Gasteiger partial charge is 0.336 e. The summed E-state index contributed by atoms with van der Waals surface area (Å²) in [7, 11) is 1.99. The second-order valence-corrected chi connectivity index (χ2v) is 5.07. The van der Waals surface area contributed by atoms with E-state index in [0.29, 0.717) is 11.3 Å². The number of anilines is 1. The summed E-state index contributed by atoms with van der Waals surface area (Å²) in [6.07, 6.45) is 0.847. The maximum absolute atomic E-state index is 12.0. The van der Waals surface area contributed by atoms with Crippen molar-refractivity contribution in [1.82, 2.24) is 4.90 Å². The van der Waals surface area contributed by atoms with E-state index in [9.17, 15) is 9.59 Å². The van der Waals surface area contributed by atoms with Crippen LogP contribution >= 0.6 is 0 Å². The molecule has 1 unspecified atom stereocenters. The first kappa shape index (κ1) is 13.5. The molecule has 2 N–H and O–H groups in total. The average molecular weight is 262 g/mol. The van der Waals surface area contributed by atoms with Gasteiger partial charge in [0.1, 0.15) is 0 Å². The number of carboxylic acid groups (broad SMARTS) is 1. The van der Waals surface area contributed by atoms with Crippen LogP contribution in [-0.4, -0.2) is 42.0 Å². The third-order valence-electron chi connectivity index (χ3n) is 3.50. The van der Waals surface area contributed by atoms with E-state index in [1.54, 1.807) is 19.1 Å². The lowest BCUT2D eigenvalue weighted by Crippen LogP contribution is -2.25. The van der Waals surface area contributed by atoms with E-state index < -0.39 is 5.97 Å². The summed E-state index contributed by atoms with van der Waals surface area (Å²) < 4.78 is 0. The highest BCUT2D eigenvalue weighted by atomic mass is 16.4. The molecule has 0 radical (unpaired) electrons. The molecule has 2 rings (SSSR count). The van der Waals surface area contributed by atoms with E-state index in [2.05, 4.69) is 10.2 Å². The Morgan fingerprint density at radius 2 is 2.16 bits per heavy atom. The fourth-order valence-corrected chi connectivity index (χ4v) is 2.32. The van der Waals surface area contributed by atoms with E-state index in [0.717, 1.165) is 19.5 Å². The SMILES string of the molecule is Cc1ccc(NC(=O)C2CCN(C)C2)cc1C(=O)O. The number of nitrogens with zero attached hydrogens (tertiary/aromatic N) is 1. The van der Waals surface area contributed by atoms with Crippen LogP contribution in [-0.2, 0) is 4.79 Å². The molecule has 0 spiro atoms. The van der Waals surface area contributed by atoms with Gasteiger partial charge in [-0.15, -0.1) is 0 Å². The molecule has 0 bridgehead atoms. The highest BCUT2D eigenvalue weighted by Crippen LogP contribution is 2.19. The van der Waals surface area contributed by atoms with E-state index in [4.69, 9.17) is 5.11 Å². The number of benzene rings is 1. The van der Waals surface area contributed by atoms with Crippen LogP contribution in [0.2, 0.25) is 0 Å². The molecule has 5 heteroatoms. The van der Waals surface area contributed by atoms with E-state index >= 15 is 0 Å². The molecule has 1 fully saturated rings. The fourth-order valence-electron chi connectivity index (χ4n) is 2.32. The Balaban J connectivity index is 2.09. The summed E-state index contributed by atoms with van der Waals surface area (Å²) in [4.78, 5) is 25.2.